The van der Waals surface area contributed by atoms with Gasteiger partial charge in [-0.2, -0.15) is 0 Å². The zero-order valence-electron chi connectivity index (χ0n) is 13.7. The Labute approximate surface area is 135 Å². The highest BCUT2D eigenvalue weighted by atomic mass is 16.5. The Balaban J connectivity index is 2.12. The summed E-state index contributed by atoms with van der Waals surface area (Å²) in [5.41, 5.74) is 4.09. The van der Waals surface area contributed by atoms with Gasteiger partial charge in [0.15, 0.2) is 11.4 Å². The first-order valence-electron chi connectivity index (χ1n) is 7.65. The number of fused-ring (bicyclic) bond motifs is 1. The van der Waals surface area contributed by atoms with Gasteiger partial charge in [0, 0.05) is 36.3 Å². The molecule has 0 aliphatic carbocycles. The van der Waals surface area contributed by atoms with Crippen molar-refractivity contribution in [2.24, 2.45) is 0 Å². The normalized spacial score (nSPS) is 10.9. The Kier molecular flexibility index (Phi) is 4.48. The Morgan fingerprint density at radius 1 is 1.13 bits per heavy atom. The maximum Gasteiger partial charge on any atom is 0.179 e. The smallest absolute Gasteiger partial charge is 0.179 e. The summed E-state index contributed by atoms with van der Waals surface area (Å²) in [4.78, 5) is 4.32. The minimum absolute atomic E-state index is 0.742. The highest BCUT2D eigenvalue weighted by Crippen LogP contribution is 2.34. The number of hydrogen-bond acceptors (Lipinski definition) is 4. The van der Waals surface area contributed by atoms with Crippen molar-refractivity contribution < 1.29 is 9.47 Å². The van der Waals surface area contributed by atoms with Crippen LogP contribution in [0.3, 0.4) is 0 Å². The largest absolute Gasteiger partial charge is 0.496 e. The molecule has 2 aromatic heterocycles. The van der Waals surface area contributed by atoms with Crippen LogP contribution < -0.4 is 14.8 Å². The van der Waals surface area contributed by atoms with Gasteiger partial charge >= 0.3 is 0 Å². The lowest BCUT2D eigenvalue weighted by molar-refractivity contribution is 0.414. The second-order valence-electron chi connectivity index (χ2n) is 5.27. The lowest BCUT2D eigenvalue weighted by atomic mass is 10.0. The van der Waals surface area contributed by atoms with E-state index in [2.05, 4.69) is 29.4 Å². The molecule has 0 unspecified atom stereocenters. The van der Waals surface area contributed by atoms with Gasteiger partial charge in [0.25, 0.3) is 0 Å². The second-order valence-corrected chi connectivity index (χ2v) is 5.27. The Hall–Kier alpha value is -2.53. The van der Waals surface area contributed by atoms with E-state index in [-0.39, 0.29) is 0 Å². The predicted molar refractivity (Wildman–Crippen MR) is 91.1 cm³/mol. The molecule has 120 valence electrons. The third-order valence-corrected chi connectivity index (χ3v) is 3.83. The van der Waals surface area contributed by atoms with Crippen molar-refractivity contribution in [3.63, 3.8) is 0 Å². The molecule has 2 heterocycles. The van der Waals surface area contributed by atoms with E-state index in [0.29, 0.717) is 0 Å². The van der Waals surface area contributed by atoms with Crippen LogP contribution in [-0.2, 0) is 6.54 Å². The fourth-order valence-corrected chi connectivity index (χ4v) is 2.66. The first-order chi connectivity index (χ1) is 11.3. The summed E-state index contributed by atoms with van der Waals surface area (Å²) < 4.78 is 13.0. The topological polar surface area (TPSA) is 47.8 Å². The molecule has 0 saturated heterocycles. The molecular formula is C18H21N3O2. The number of aromatic nitrogens is 2. The van der Waals surface area contributed by atoms with Gasteiger partial charge in [0.2, 0.25) is 0 Å². The van der Waals surface area contributed by atoms with Crippen LogP contribution in [0.4, 0.5) is 0 Å². The van der Waals surface area contributed by atoms with Gasteiger partial charge in [-0.05, 0) is 30.3 Å². The van der Waals surface area contributed by atoms with Crippen LogP contribution in [0.15, 0.2) is 42.9 Å². The van der Waals surface area contributed by atoms with E-state index in [4.69, 9.17) is 9.47 Å². The van der Waals surface area contributed by atoms with E-state index in [1.54, 1.807) is 20.4 Å². The minimum Gasteiger partial charge on any atom is -0.496 e. The molecule has 0 aliphatic rings. The number of ether oxygens (including phenoxy) is 2. The number of rotatable bonds is 6. The van der Waals surface area contributed by atoms with Crippen molar-refractivity contribution in [1.82, 2.24) is 14.7 Å². The first kappa shape index (κ1) is 15.4. The number of imidazole rings is 1. The molecule has 0 radical (unpaired) electrons. The monoisotopic (exact) mass is 311 g/mol. The van der Waals surface area contributed by atoms with Gasteiger partial charge < -0.3 is 19.2 Å². The summed E-state index contributed by atoms with van der Waals surface area (Å²) >= 11 is 0. The maximum atomic E-state index is 5.54. The number of pyridine rings is 1. The average Bonchev–Trinajstić information content (AvgIpc) is 3.07. The zero-order valence-corrected chi connectivity index (χ0v) is 13.7. The Morgan fingerprint density at radius 3 is 2.70 bits per heavy atom. The summed E-state index contributed by atoms with van der Waals surface area (Å²) in [5, 5.41) is 3.35. The van der Waals surface area contributed by atoms with E-state index < -0.39 is 0 Å². The van der Waals surface area contributed by atoms with Crippen LogP contribution >= 0.6 is 0 Å². The van der Waals surface area contributed by atoms with Crippen molar-refractivity contribution in [3.8, 4) is 22.6 Å². The number of hydrogen-bond donors (Lipinski definition) is 1. The van der Waals surface area contributed by atoms with Gasteiger partial charge in [0.05, 0.1) is 14.2 Å². The van der Waals surface area contributed by atoms with Crippen molar-refractivity contribution in [2.45, 2.75) is 13.5 Å². The van der Waals surface area contributed by atoms with E-state index in [1.807, 2.05) is 28.9 Å². The van der Waals surface area contributed by atoms with E-state index >= 15 is 0 Å². The summed E-state index contributed by atoms with van der Waals surface area (Å²) in [6.45, 7) is 3.87. The zero-order chi connectivity index (χ0) is 16.2. The van der Waals surface area contributed by atoms with Gasteiger partial charge in [-0.3, -0.25) is 0 Å². The number of nitrogens with one attached hydrogen (secondary N) is 1. The van der Waals surface area contributed by atoms with Crippen LogP contribution in [0, 0.1) is 0 Å². The van der Waals surface area contributed by atoms with Crippen molar-refractivity contribution in [2.75, 3.05) is 20.8 Å². The molecule has 5 heteroatoms. The highest BCUT2D eigenvalue weighted by molar-refractivity contribution is 5.74. The fourth-order valence-electron chi connectivity index (χ4n) is 2.66. The summed E-state index contributed by atoms with van der Waals surface area (Å²) in [6.07, 6.45) is 5.72. The Morgan fingerprint density at radius 2 is 1.96 bits per heavy atom. The van der Waals surface area contributed by atoms with Gasteiger partial charge in [-0.1, -0.05) is 13.0 Å². The summed E-state index contributed by atoms with van der Waals surface area (Å²) in [7, 11) is 3.35. The minimum atomic E-state index is 0.742. The molecule has 1 N–H and O–H groups in total. The lowest BCUT2D eigenvalue weighted by Crippen LogP contribution is -2.11. The molecule has 0 saturated carbocycles. The standard InChI is InChI=1S/C18H21N3O2/c1-4-19-11-13-5-6-16(22-2)15(9-13)14-10-17(23-3)18-20-7-8-21(18)12-14/h5-10,12,19H,4,11H2,1-3H3. The molecular weight excluding hydrogens is 290 g/mol. The molecule has 23 heavy (non-hydrogen) atoms. The SMILES string of the molecule is CCNCc1ccc(OC)c(-c2cc(OC)c3nccn3c2)c1. The lowest BCUT2D eigenvalue weighted by Gasteiger charge is -2.13. The number of nitrogens with zero attached hydrogens (tertiary/aromatic N) is 2. The molecule has 0 atom stereocenters. The Bertz CT molecular complexity index is 811. The molecule has 0 bridgehead atoms. The molecule has 0 fully saturated rings. The third-order valence-electron chi connectivity index (χ3n) is 3.83. The predicted octanol–water partition coefficient (Wildman–Crippen LogP) is 3.13. The molecule has 0 amide bonds. The average molecular weight is 311 g/mol. The van der Waals surface area contributed by atoms with Crippen LogP contribution in [0.1, 0.15) is 12.5 Å². The molecule has 0 spiro atoms. The molecule has 3 rings (SSSR count). The molecule has 0 aliphatic heterocycles. The molecule has 3 aromatic rings. The van der Waals surface area contributed by atoms with Gasteiger partial charge in [-0.15, -0.1) is 0 Å². The summed E-state index contributed by atoms with van der Waals surface area (Å²) in [5.74, 6) is 1.58. The highest BCUT2D eigenvalue weighted by Gasteiger charge is 2.12. The van der Waals surface area contributed by atoms with E-state index in [0.717, 1.165) is 41.4 Å². The van der Waals surface area contributed by atoms with Crippen molar-refractivity contribution in [3.05, 3.63) is 48.4 Å². The van der Waals surface area contributed by atoms with Crippen LogP contribution in [-0.4, -0.2) is 30.1 Å². The van der Waals surface area contributed by atoms with E-state index in [1.165, 1.54) is 5.56 Å². The maximum absolute atomic E-state index is 5.54. The van der Waals surface area contributed by atoms with Gasteiger partial charge in [0.1, 0.15) is 5.75 Å². The third kappa shape index (κ3) is 3.00. The van der Waals surface area contributed by atoms with Crippen molar-refractivity contribution in [1.29, 1.82) is 0 Å². The van der Waals surface area contributed by atoms with Crippen LogP contribution in [0.2, 0.25) is 0 Å². The van der Waals surface area contributed by atoms with Crippen LogP contribution in [0.5, 0.6) is 11.5 Å². The molecule has 5 nitrogen and oxygen atoms in total. The first-order valence-corrected chi connectivity index (χ1v) is 7.65. The van der Waals surface area contributed by atoms with E-state index in [9.17, 15) is 0 Å². The fraction of sp³-hybridized carbons (Fsp3) is 0.278. The van der Waals surface area contributed by atoms with Gasteiger partial charge in [-0.25, -0.2) is 4.98 Å². The van der Waals surface area contributed by atoms with Crippen LogP contribution in [0.25, 0.3) is 16.8 Å². The molecule has 1 aromatic carbocycles. The number of methoxy groups -OCH3 is 2. The summed E-state index contributed by atoms with van der Waals surface area (Å²) in [6, 6.07) is 8.24. The quantitative estimate of drug-likeness (QED) is 0.760. The number of benzene rings is 1. The van der Waals surface area contributed by atoms with Crippen molar-refractivity contribution >= 4 is 5.65 Å². The second kappa shape index (κ2) is 6.71.